The summed E-state index contributed by atoms with van der Waals surface area (Å²) >= 11 is 1.57. The second-order valence-corrected chi connectivity index (χ2v) is 5.29. The molecule has 1 aromatic rings. The van der Waals surface area contributed by atoms with Crippen LogP contribution >= 0.6 is 11.3 Å². The van der Waals surface area contributed by atoms with Crippen molar-refractivity contribution < 1.29 is 19.4 Å². The van der Waals surface area contributed by atoms with Crippen molar-refractivity contribution in [2.75, 3.05) is 26.3 Å². The average molecular weight is 284 g/mol. The van der Waals surface area contributed by atoms with E-state index in [4.69, 9.17) is 9.84 Å². The second kappa shape index (κ2) is 6.65. The molecule has 1 amide bonds. The fraction of sp³-hybridized carbons (Fsp3) is 0.500. The number of rotatable bonds is 5. The van der Waals surface area contributed by atoms with Crippen LogP contribution in [-0.2, 0) is 20.9 Å². The number of nitrogens with one attached hydrogen (secondary N) is 1. The van der Waals surface area contributed by atoms with Crippen LogP contribution in [0.25, 0.3) is 0 Å². The minimum Gasteiger partial charge on any atom is -0.480 e. The molecule has 7 heteroatoms. The highest BCUT2D eigenvalue weighted by Gasteiger charge is 2.30. The van der Waals surface area contributed by atoms with Crippen LogP contribution in [0.5, 0.6) is 0 Å². The number of carboxylic acid groups (broad SMARTS) is 1. The van der Waals surface area contributed by atoms with E-state index < -0.39 is 12.0 Å². The van der Waals surface area contributed by atoms with Crippen LogP contribution in [0.2, 0.25) is 0 Å². The van der Waals surface area contributed by atoms with E-state index in [1.165, 1.54) is 0 Å². The highest BCUT2D eigenvalue weighted by Crippen LogP contribution is 2.08. The molecule has 1 unspecified atom stereocenters. The van der Waals surface area contributed by atoms with E-state index in [0.29, 0.717) is 19.7 Å². The van der Waals surface area contributed by atoms with Crippen LogP contribution < -0.4 is 5.32 Å². The van der Waals surface area contributed by atoms with E-state index in [-0.39, 0.29) is 19.1 Å². The number of thiophene rings is 1. The molecule has 6 nitrogen and oxygen atoms in total. The number of hydrogen-bond donors (Lipinski definition) is 2. The summed E-state index contributed by atoms with van der Waals surface area (Å²) < 4.78 is 5.12. The Morgan fingerprint density at radius 1 is 1.58 bits per heavy atom. The van der Waals surface area contributed by atoms with Crippen LogP contribution in [0.3, 0.4) is 0 Å². The quantitative estimate of drug-likeness (QED) is 0.804. The average Bonchev–Trinajstić information content (AvgIpc) is 2.90. The predicted octanol–water partition coefficient (Wildman–Crippen LogP) is 0.150. The molecule has 0 bridgehead atoms. The molecule has 0 aliphatic carbocycles. The van der Waals surface area contributed by atoms with Gasteiger partial charge in [-0.3, -0.25) is 14.5 Å². The molecule has 1 aromatic heterocycles. The molecule has 2 N–H and O–H groups in total. The highest BCUT2D eigenvalue weighted by atomic mass is 32.1. The Morgan fingerprint density at radius 3 is 3.11 bits per heavy atom. The summed E-state index contributed by atoms with van der Waals surface area (Å²) in [6.07, 6.45) is 0. The third-order valence-corrected chi connectivity index (χ3v) is 3.79. The summed E-state index contributed by atoms with van der Waals surface area (Å²) in [5.74, 6) is -1.12. The summed E-state index contributed by atoms with van der Waals surface area (Å²) in [7, 11) is 0. The number of aliphatic carboxylic acids is 1. The lowest BCUT2D eigenvalue weighted by Crippen LogP contribution is -2.53. The van der Waals surface area contributed by atoms with Crippen molar-refractivity contribution in [3.63, 3.8) is 0 Å². The van der Waals surface area contributed by atoms with Gasteiger partial charge in [-0.05, 0) is 11.4 Å². The van der Waals surface area contributed by atoms with E-state index in [1.807, 2.05) is 17.5 Å². The Bertz CT molecular complexity index is 435. The molecular weight excluding hydrogens is 268 g/mol. The van der Waals surface area contributed by atoms with Crippen LogP contribution in [0.1, 0.15) is 4.88 Å². The number of carbonyl (C=O) groups excluding carboxylic acids is 1. The van der Waals surface area contributed by atoms with Gasteiger partial charge in [-0.25, -0.2) is 0 Å². The fourth-order valence-corrected chi connectivity index (χ4v) is 2.54. The van der Waals surface area contributed by atoms with Gasteiger partial charge >= 0.3 is 5.97 Å². The molecule has 0 radical (unpaired) electrons. The van der Waals surface area contributed by atoms with E-state index in [1.54, 1.807) is 16.2 Å². The number of carbonyl (C=O) groups is 2. The van der Waals surface area contributed by atoms with E-state index in [0.717, 1.165) is 4.88 Å². The number of morpholine rings is 1. The van der Waals surface area contributed by atoms with Gasteiger partial charge in [-0.15, -0.1) is 11.3 Å². The topological polar surface area (TPSA) is 78.9 Å². The summed E-state index contributed by atoms with van der Waals surface area (Å²) in [6, 6.07) is 3.13. The van der Waals surface area contributed by atoms with E-state index >= 15 is 0 Å². The molecule has 1 aliphatic rings. The van der Waals surface area contributed by atoms with Crippen molar-refractivity contribution >= 4 is 23.2 Å². The van der Waals surface area contributed by atoms with Crippen molar-refractivity contribution in [1.82, 2.24) is 10.2 Å². The zero-order valence-electron chi connectivity index (χ0n) is 10.4. The molecule has 0 aromatic carbocycles. The summed E-state index contributed by atoms with van der Waals surface area (Å²) in [4.78, 5) is 25.5. The zero-order valence-corrected chi connectivity index (χ0v) is 11.2. The van der Waals surface area contributed by atoms with Crippen molar-refractivity contribution in [2.45, 2.75) is 12.6 Å². The lowest BCUT2D eigenvalue weighted by atomic mass is 10.2. The number of ether oxygens (including phenoxy) is 1. The van der Waals surface area contributed by atoms with E-state index in [2.05, 4.69) is 5.32 Å². The van der Waals surface area contributed by atoms with Gasteiger partial charge in [-0.1, -0.05) is 6.07 Å². The Labute approximate surface area is 115 Å². The third kappa shape index (κ3) is 4.02. The summed E-state index contributed by atoms with van der Waals surface area (Å²) in [5.41, 5.74) is 0. The lowest BCUT2D eigenvalue weighted by molar-refractivity contribution is -0.150. The van der Waals surface area contributed by atoms with Crippen molar-refractivity contribution in [1.29, 1.82) is 0 Å². The van der Waals surface area contributed by atoms with Crippen LogP contribution in [-0.4, -0.2) is 54.2 Å². The Kier molecular flexibility index (Phi) is 4.89. The first-order valence-electron chi connectivity index (χ1n) is 6.00. The van der Waals surface area contributed by atoms with Gasteiger partial charge in [-0.2, -0.15) is 0 Å². The van der Waals surface area contributed by atoms with Gasteiger partial charge in [0.05, 0.1) is 26.3 Å². The SMILES string of the molecule is O=C(CN1CCOCC1C(=O)O)NCc1cccs1. The molecule has 1 aliphatic heterocycles. The Balaban J connectivity index is 1.81. The largest absolute Gasteiger partial charge is 0.480 e. The van der Waals surface area contributed by atoms with Gasteiger partial charge in [0.25, 0.3) is 0 Å². The number of nitrogens with zero attached hydrogens (tertiary/aromatic N) is 1. The van der Waals surface area contributed by atoms with Crippen LogP contribution in [0, 0.1) is 0 Å². The van der Waals surface area contributed by atoms with Gasteiger partial charge in [0, 0.05) is 11.4 Å². The fourth-order valence-electron chi connectivity index (χ4n) is 1.89. The molecule has 2 heterocycles. The smallest absolute Gasteiger partial charge is 0.323 e. The van der Waals surface area contributed by atoms with Crippen molar-refractivity contribution in [2.24, 2.45) is 0 Å². The maximum atomic E-state index is 11.8. The third-order valence-electron chi connectivity index (χ3n) is 2.91. The zero-order chi connectivity index (χ0) is 13.7. The molecule has 1 saturated heterocycles. The van der Waals surface area contributed by atoms with Crippen molar-refractivity contribution in [3.05, 3.63) is 22.4 Å². The molecule has 1 atom stereocenters. The van der Waals surface area contributed by atoms with Crippen molar-refractivity contribution in [3.8, 4) is 0 Å². The first-order valence-corrected chi connectivity index (χ1v) is 6.88. The molecule has 2 rings (SSSR count). The maximum Gasteiger partial charge on any atom is 0.323 e. The first-order chi connectivity index (χ1) is 9.16. The molecule has 0 spiro atoms. The van der Waals surface area contributed by atoms with Gasteiger partial charge in [0.2, 0.25) is 5.91 Å². The highest BCUT2D eigenvalue weighted by molar-refractivity contribution is 7.09. The standard InChI is InChI=1S/C12H16N2O4S/c15-11(13-6-9-2-1-5-19-9)7-14-3-4-18-8-10(14)12(16)17/h1-2,5,10H,3-4,6-8H2,(H,13,15)(H,16,17). The lowest BCUT2D eigenvalue weighted by Gasteiger charge is -2.32. The number of hydrogen-bond acceptors (Lipinski definition) is 5. The minimum absolute atomic E-state index is 0.0890. The summed E-state index contributed by atoms with van der Waals surface area (Å²) in [6.45, 7) is 1.63. The Hall–Kier alpha value is -1.44. The number of carboxylic acids is 1. The van der Waals surface area contributed by atoms with Crippen LogP contribution in [0.15, 0.2) is 17.5 Å². The molecule has 19 heavy (non-hydrogen) atoms. The summed E-state index contributed by atoms with van der Waals surface area (Å²) in [5, 5.41) is 13.8. The maximum absolute atomic E-state index is 11.8. The second-order valence-electron chi connectivity index (χ2n) is 4.26. The Morgan fingerprint density at radius 2 is 2.42 bits per heavy atom. The number of amides is 1. The minimum atomic E-state index is -0.953. The molecular formula is C12H16N2O4S. The predicted molar refractivity (Wildman–Crippen MR) is 70.0 cm³/mol. The van der Waals surface area contributed by atoms with Gasteiger partial charge in [0.15, 0.2) is 0 Å². The van der Waals surface area contributed by atoms with Gasteiger partial charge in [0.1, 0.15) is 6.04 Å². The van der Waals surface area contributed by atoms with E-state index in [9.17, 15) is 9.59 Å². The normalized spacial score (nSPS) is 20.1. The molecule has 1 fully saturated rings. The van der Waals surface area contributed by atoms with Crippen LogP contribution in [0.4, 0.5) is 0 Å². The van der Waals surface area contributed by atoms with Gasteiger partial charge < -0.3 is 15.2 Å². The molecule has 104 valence electrons. The first kappa shape index (κ1) is 14.0. The molecule has 0 saturated carbocycles. The monoisotopic (exact) mass is 284 g/mol.